The highest BCUT2D eigenvalue weighted by Crippen LogP contribution is 2.32. The van der Waals surface area contributed by atoms with Crippen LogP contribution in [0.25, 0.3) is 0 Å². The number of carbonyl (C=O) groups is 2. The van der Waals surface area contributed by atoms with Gasteiger partial charge in [0.25, 0.3) is 0 Å². The minimum Gasteiger partial charge on any atom is -0.364 e. The highest BCUT2D eigenvalue weighted by atomic mass is 16.2. The number of hydrogen-bond donors (Lipinski definition) is 0. The molecule has 0 radical (unpaired) electrons. The second-order valence-electron chi connectivity index (χ2n) is 4.07. The Bertz CT molecular complexity index is 468. The van der Waals surface area contributed by atoms with Crippen molar-refractivity contribution in [2.24, 2.45) is 0 Å². The molecule has 1 amide bonds. The quantitative estimate of drug-likeness (QED) is 0.667. The van der Waals surface area contributed by atoms with Gasteiger partial charge in [0, 0.05) is 19.7 Å². The Labute approximate surface area is 94.5 Å². The number of rotatable bonds is 1. The van der Waals surface area contributed by atoms with Crippen LogP contribution < -0.4 is 9.80 Å². The average molecular weight is 218 g/mol. The van der Waals surface area contributed by atoms with Crippen LogP contribution in [0.5, 0.6) is 0 Å². The summed E-state index contributed by atoms with van der Waals surface area (Å²) >= 11 is 0. The van der Waals surface area contributed by atoms with Gasteiger partial charge in [-0.3, -0.25) is 9.59 Å². The van der Waals surface area contributed by atoms with E-state index in [1.165, 1.54) is 6.92 Å². The molecule has 0 spiro atoms. The molecular formula is C12H14N2O2. The smallest absolute Gasteiger partial charge is 0.246 e. The van der Waals surface area contributed by atoms with Gasteiger partial charge < -0.3 is 9.80 Å². The van der Waals surface area contributed by atoms with Crippen molar-refractivity contribution in [3.63, 3.8) is 0 Å². The number of fused-ring (bicyclic) bond motifs is 1. The molecule has 0 aliphatic carbocycles. The molecule has 0 atom stereocenters. The fraction of sp³-hybridized carbons (Fsp3) is 0.333. The molecule has 0 unspecified atom stereocenters. The van der Waals surface area contributed by atoms with Gasteiger partial charge in [0.15, 0.2) is 5.78 Å². The van der Waals surface area contributed by atoms with Crippen LogP contribution in [0, 0.1) is 0 Å². The predicted molar refractivity (Wildman–Crippen MR) is 63.1 cm³/mol. The molecule has 84 valence electrons. The van der Waals surface area contributed by atoms with Gasteiger partial charge in [0.2, 0.25) is 5.91 Å². The number of anilines is 2. The van der Waals surface area contributed by atoms with Gasteiger partial charge in [0.1, 0.15) is 0 Å². The minimum absolute atomic E-state index is 0.0110. The van der Waals surface area contributed by atoms with Crippen LogP contribution in [0.3, 0.4) is 0 Å². The zero-order chi connectivity index (χ0) is 11.9. The average Bonchev–Trinajstić information content (AvgIpc) is 2.25. The Balaban J connectivity index is 2.55. The van der Waals surface area contributed by atoms with E-state index < -0.39 is 0 Å². The molecule has 0 bridgehead atoms. The van der Waals surface area contributed by atoms with Crippen molar-refractivity contribution in [2.45, 2.75) is 6.92 Å². The first-order valence-electron chi connectivity index (χ1n) is 5.13. The lowest BCUT2D eigenvalue weighted by Gasteiger charge is -2.33. The first-order valence-corrected chi connectivity index (χ1v) is 5.13. The lowest BCUT2D eigenvalue weighted by Crippen LogP contribution is -2.42. The van der Waals surface area contributed by atoms with E-state index in [9.17, 15) is 9.59 Å². The van der Waals surface area contributed by atoms with Crippen molar-refractivity contribution in [1.82, 2.24) is 0 Å². The number of Topliss-reactive ketones (excluding diaryl/α,β-unsaturated/α-hetero) is 1. The lowest BCUT2D eigenvalue weighted by molar-refractivity contribution is -0.117. The van der Waals surface area contributed by atoms with Crippen LogP contribution >= 0.6 is 0 Å². The number of hydrogen-bond acceptors (Lipinski definition) is 3. The van der Waals surface area contributed by atoms with E-state index in [1.807, 2.05) is 18.0 Å². The van der Waals surface area contributed by atoms with Crippen LogP contribution in [0.4, 0.5) is 11.4 Å². The summed E-state index contributed by atoms with van der Waals surface area (Å²) in [6.45, 7) is 1.90. The molecule has 0 saturated heterocycles. The first-order chi connectivity index (χ1) is 7.50. The molecular weight excluding hydrogens is 204 g/mol. The number of nitrogens with zero attached hydrogens (tertiary/aromatic N) is 2. The van der Waals surface area contributed by atoms with Crippen LogP contribution in [-0.2, 0) is 4.79 Å². The van der Waals surface area contributed by atoms with Crippen molar-refractivity contribution in [3.8, 4) is 0 Å². The first kappa shape index (κ1) is 10.7. The molecule has 0 fully saturated rings. The zero-order valence-corrected chi connectivity index (χ0v) is 9.65. The summed E-state index contributed by atoms with van der Waals surface area (Å²) < 4.78 is 0. The second kappa shape index (κ2) is 3.63. The second-order valence-corrected chi connectivity index (χ2v) is 4.07. The summed E-state index contributed by atoms with van der Waals surface area (Å²) in [7, 11) is 3.61. The fourth-order valence-corrected chi connectivity index (χ4v) is 1.86. The molecule has 1 aliphatic heterocycles. The topological polar surface area (TPSA) is 40.6 Å². The van der Waals surface area contributed by atoms with Crippen LogP contribution in [0.1, 0.15) is 17.3 Å². The Morgan fingerprint density at radius 1 is 1.25 bits per heavy atom. The molecule has 1 heterocycles. The maximum absolute atomic E-state index is 11.6. The monoisotopic (exact) mass is 218 g/mol. The van der Waals surface area contributed by atoms with E-state index >= 15 is 0 Å². The SMILES string of the molecule is CC(=O)c1ccc2c(c1)N(C)C(=O)CN2C. The number of likely N-dealkylation sites (N-methyl/N-ethyl adjacent to an activating group) is 2. The minimum atomic E-state index is 0.0110. The number of ketones is 1. The predicted octanol–water partition coefficient (Wildman–Crippen LogP) is 1.30. The van der Waals surface area contributed by atoms with Gasteiger partial charge in [-0.15, -0.1) is 0 Å². The van der Waals surface area contributed by atoms with Gasteiger partial charge >= 0.3 is 0 Å². The van der Waals surface area contributed by atoms with Crippen molar-refractivity contribution in [2.75, 3.05) is 30.4 Å². The maximum Gasteiger partial charge on any atom is 0.246 e. The molecule has 1 aromatic carbocycles. The zero-order valence-electron chi connectivity index (χ0n) is 9.65. The number of amides is 1. The molecule has 0 aromatic heterocycles. The van der Waals surface area contributed by atoms with Gasteiger partial charge in [-0.25, -0.2) is 0 Å². The Morgan fingerprint density at radius 3 is 2.56 bits per heavy atom. The Kier molecular flexibility index (Phi) is 2.42. The van der Waals surface area contributed by atoms with Crippen molar-refractivity contribution < 1.29 is 9.59 Å². The molecule has 16 heavy (non-hydrogen) atoms. The lowest BCUT2D eigenvalue weighted by atomic mass is 10.1. The van der Waals surface area contributed by atoms with Crippen molar-refractivity contribution in [1.29, 1.82) is 0 Å². The summed E-state index contributed by atoms with van der Waals surface area (Å²) in [6, 6.07) is 5.45. The molecule has 4 heteroatoms. The van der Waals surface area contributed by atoms with Gasteiger partial charge in [0.05, 0.1) is 17.9 Å². The molecule has 1 aromatic rings. The normalized spacial score (nSPS) is 15.1. The van der Waals surface area contributed by atoms with E-state index in [2.05, 4.69) is 0 Å². The van der Waals surface area contributed by atoms with Crippen molar-refractivity contribution >= 4 is 23.1 Å². The summed E-state index contributed by atoms with van der Waals surface area (Å²) in [4.78, 5) is 26.4. The standard InChI is InChI=1S/C12H14N2O2/c1-8(15)9-4-5-10-11(6-9)14(3)12(16)7-13(10)2/h4-6H,7H2,1-3H3. The van der Waals surface area contributed by atoms with E-state index in [0.717, 1.165) is 11.4 Å². The van der Waals surface area contributed by atoms with Gasteiger partial charge in [-0.2, -0.15) is 0 Å². The molecule has 1 aliphatic rings. The third kappa shape index (κ3) is 1.56. The van der Waals surface area contributed by atoms with Crippen molar-refractivity contribution in [3.05, 3.63) is 23.8 Å². The highest BCUT2D eigenvalue weighted by Gasteiger charge is 2.24. The third-order valence-electron chi connectivity index (χ3n) is 2.90. The van der Waals surface area contributed by atoms with E-state index in [-0.39, 0.29) is 11.7 Å². The molecule has 0 saturated carbocycles. The molecule has 2 rings (SSSR count). The summed E-state index contributed by atoms with van der Waals surface area (Å²) in [6.07, 6.45) is 0. The van der Waals surface area contributed by atoms with Crippen LogP contribution in [-0.4, -0.2) is 32.3 Å². The van der Waals surface area contributed by atoms with Gasteiger partial charge in [-0.05, 0) is 25.1 Å². The Morgan fingerprint density at radius 2 is 1.94 bits per heavy atom. The van der Waals surface area contributed by atoms with E-state index in [1.54, 1.807) is 24.1 Å². The molecule has 4 nitrogen and oxygen atoms in total. The maximum atomic E-state index is 11.6. The highest BCUT2D eigenvalue weighted by molar-refractivity contribution is 6.05. The number of carbonyl (C=O) groups excluding carboxylic acids is 2. The largest absolute Gasteiger partial charge is 0.364 e. The van der Waals surface area contributed by atoms with E-state index in [4.69, 9.17) is 0 Å². The fourth-order valence-electron chi connectivity index (χ4n) is 1.86. The Hall–Kier alpha value is -1.84. The number of benzene rings is 1. The van der Waals surface area contributed by atoms with Gasteiger partial charge in [-0.1, -0.05) is 0 Å². The molecule has 0 N–H and O–H groups in total. The summed E-state index contributed by atoms with van der Waals surface area (Å²) in [5, 5.41) is 0. The summed E-state index contributed by atoms with van der Waals surface area (Å²) in [5.41, 5.74) is 2.41. The van der Waals surface area contributed by atoms with E-state index in [0.29, 0.717) is 12.1 Å². The third-order valence-corrected chi connectivity index (χ3v) is 2.90. The van der Waals surface area contributed by atoms with Crippen LogP contribution in [0.2, 0.25) is 0 Å². The van der Waals surface area contributed by atoms with Crippen LogP contribution in [0.15, 0.2) is 18.2 Å². The summed E-state index contributed by atoms with van der Waals surface area (Å²) in [5.74, 6) is 0.0487.